The Morgan fingerprint density at radius 3 is 3.00 bits per heavy atom. The van der Waals surface area contributed by atoms with Gasteiger partial charge in [-0.2, -0.15) is 5.10 Å². The van der Waals surface area contributed by atoms with Crippen LogP contribution in [0.1, 0.15) is 29.3 Å². The van der Waals surface area contributed by atoms with E-state index in [9.17, 15) is 4.79 Å². The Hall–Kier alpha value is -2.28. The van der Waals surface area contributed by atoms with E-state index in [0.717, 1.165) is 16.9 Å². The number of anilines is 1. The number of nitrogens with zero attached hydrogens (tertiary/aromatic N) is 4. The molecule has 3 rings (SSSR count). The van der Waals surface area contributed by atoms with Crippen molar-refractivity contribution in [2.45, 2.75) is 20.3 Å². The van der Waals surface area contributed by atoms with Crippen LogP contribution >= 0.6 is 11.3 Å². The van der Waals surface area contributed by atoms with Gasteiger partial charge < -0.3 is 0 Å². The van der Waals surface area contributed by atoms with E-state index >= 15 is 0 Å². The minimum atomic E-state index is -0.272. The Labute approximate surface area is 125 Å². The highest BCUT2D eigenvalue weighted by Gasteiger charge is 2.14. The summed E-state index contributed by atoms with van der Waals surface area (Å²) in [5.41, 5.74) is 1.24. The average molecular weight is 301 g/mol. The highest BCUT2D eigenvalue weighted by molar-refractivity contribution is 7.15. The molecule has 7 heteroatoms. The molecule has 6 nitrogen and oxygen atoms in total. The summed E-state index contributed by atoms with van der Waals surface area (Å²) in [6, 6.07) is 7.41. The first-order valence-electron chi connectivity index (χ1n) is 6.70. The monoisotopic (exact) mass is 301 g/mol. The smallest absolute Gasteiger partial charge is 0.278 e. The summed E-state index contributed by atoms with van der Waals surface area (Å²) in [5.74, 6) is 0.242. The van der Waals surface area contributed by atoms with Gasteiger partial charge in [0.2, 0.25) is 5.13 Å². The first kappa shape index (κ1) is 13.7. The van der Waals surface area contributed by atoms with E-state index in [1.54, 1.807) is 16.8 Å². The van der Waals surface area contributed by atoms with E-state index in [1.807, 2.05) is 18.2 Å². The molecule has 108 valence electrons. The van der Waals surface area contributed by atoms with Crippen LogP contribution in [0, 0.1) is 5.92 Å². The Morgan fingerprint density at radius 1 is 1.38 bits per heavy atom. The minimum absolute atomic E-state index is 0.272. The molecule has 0 spiro atoms. The average Bonchev–Trinajstić information content (AvgIpc) is 3.04. The van der Waals surface area contributed by atoms with Crippen LogP contribution in [0.3, 0.4) is 0 Å². The van der Waals surface area contributed by atoms with Gasteiger partial charge in [-0.15, -0.1) is 10.2 Å². The molecular weight excluding hydrogens is 286 g/mol. The normalized spacial score (nSPS) is 11.2. The fraction of sp³-hybridized carbons (Fsp3) is 0.286. The maximum atomic E-state index is 12.2. The topological polar surface area (TPSA) is 72.2 Å². The maximum absolute atomic E-state index is 12.2. The fourth-order valence-electron chi connectivity index (χ4n) is 1.95. The number of carbonyl (C=O) groups excluding carboxylic acids is 1. The zero-order valence-corrected chi connectivity index (χ0v) is 12.6. The van der Waals surface area contributed by atoms with Crippen molar-refractivity contribution in [1.82, 2.24) is 19.8 Å². The van der Waals surface area contributed by atoms with Gasteiger partial charge in [0.1, 0.15) is 5.01 Å². The number of nitrogens with one attached hydrogen (secondary N) is 1. The molecule has 3 aromatic heterocycles. The van der Waals surface area contributed by atoms with Crippen LogP contribution in [0.4, 0.5) is 5.13 Å². The molecule has 0 aliphatic heterocycles. The van der Waals surface area contributed by atoms with Crippen molar-refractivity contribution in [1.29, 1.82) is 0 Å². The summed E-state index contributed by atoms with van der Waals surface area (Å²) in [4.78, 5) is 12.2. The van der Waals surface area contributed by atoms with Crippen LogP contribution in [0.5, 0.6) is 0 Å². The Bertz CT molecular complexity index is 743. The maximum Gasteiger partial charge on any atom is 0.278 e. The lowest BCUT2D eigenvalue weighted by molar-refractivity contribution is 0.102. The first-order valence-corrected chi connectivity index (χ1v) is 7.51. The van der Waals surface area contributed by atoms with Crippen LogP contribution in [0.15, 0.2) is 30.5 Å². The second-order valence-corrected chi connectivity index (χ2v) is 6.21. The molecule has 0 aromatic carbocycles. The van der Waals surface area contributed by atoms with Gasteiger partial charge >= 0.3 is 0 Å². The number of aromatic nitrogens is 4. The van der Waals surface area contributed by atoms with Crippen LogP contribution in [0.2, 0.25) is 0 Å². The summed E-state index contributed by atoms with van der Waals surface area (Å²) < 4.78 is 1.67. The molecule has 1 amide bonds. The number of amides is 1. The van der Waals surface area contributed by atoms with E-state index < -0.39 is 0 Å². The molecule has 0 aliphatic carbocycles. The summed E-state index contributed by atoms with van der Waals surface area (Å²) in [6.07, 6.45) is 2.67. The number of fused-ring (bicyclic) bond motifs is 1. The van der Waals surface area contributed by atoms with Crippen molar-refractivity contribution in [3.63, 3.8) is 0 Å². The number of hydrogen-bond donors (Lipinski definition) is 1. The van der Waals surface area contributed by atoms with Gasteiger partial charge in [0.15, 0.2) is 5.69 Å². The first-order chi connectivity index (χ1) is 10.1. The van der Waals surface area contributed by atoms with E-state index in [4.69, 9.17) is 0 Å². The van der Waals surface area contributed by atoms with E-state index in [1.165, 1.54) is 11.3 Å². The number of hydrogen-bond acceptors (Lipinski definition) is 5. The quantitative estimate of drug-likeness (QED) is 0.804. The second-order valence-electron chi connectivity index (χ2n) is 5.15. The van der Waals surface area contributed by atoms with E-state index in [2.05, 4.69) is 34.5 Å². The third kappa shape index (κ3) is 3.08. The lowest BCUT2D eigenvalue weighted by atomic mass is 10.1. The van der Waals surface area contributed by atoms with E-state index in [0.29, 0.717) is 16.7 Å². The molecule has 0 radical (unpaired) electrons. The number of rotatable bonds is 4. The number of pyridine rings is 1. The lowest BCUT2D eigenvalue weighted by Crippen LogP contribution is -2.12. The molecule has 0 saturated carbocycles. The van der Waals surface area contributed by atoms with Crippen LogP contribution in [-0.4, -0.2) is 25.7 Å². The lowest BCUT2D eigenvalue weighted by Gasteiger charge is -1.97. The summed E-state index contributed by atoms with van der Waals surface area (Å²) in [7, 11) is 0. The summed E-state index contributed by atoms with van der Waals surface area (Å²) in [6.45, 7) is 4.24. The molecule has 0 bridgehead atoms. The Morgan fingerprint density at radius 2 is 2.24 bits per heavy atom. The van der Waals surface area contributed by atoms with Gasteiger partial charge in [-0.1, -0.05) is 31.3 Å². The highest BCUT2D eigenvalue weighted by atomic mass is 32.1. The molecule has 1 N–H and O–H groups in total. The van der Waals surface area contributed by atoms with Crippen LogP contribution in [0.25, 0.3) is 5.52 Å². The highest BCUT2D eigenvalue weighted by Crippen LogP contribution is 2.19. The van der Waals surface area contributed by atoms with Crippen LogP contribution in [-0.2, 0) is 6.42 Å². The molecule has 21 heavy (non-hydrogen) atoms. The molecule has 3 aromatic rings. The summed E-state index contributed by atoms with van der Waals surface area (Å²) >= 11 is 1.40. The molecular formula is C14H15N5OS. The minimum Gasteiger partial charge on any atom is -0.295 e. The van der Waals surface area contributed by atoms with Gasteiger partial charge in [-0.05, 0) is 24.1 Å². The molecule has 0 atom stereocenters. The molecule has 0 fully saturated rings. The molecule has 0 aliphatic rings. The van der Waals surface area contributed by atoms with E-state index in [-0.39, 0.29) is 5.91 Å². The standard InChI is InChI=1S/C14H15N5OS/c1-9(2)7-12-16-17-14(21-12)15-13(20)11-8-10-5-3-4-6-19(10)18-11/h3-6,8-9H,7H2,1-2H3,(H,15,17,20). The predicted octanol–water partition coefficient (Wildman–Crippen LogP) is 2.64. The predicted molar refractivity (Wildman–Crippen MR) is 81.6 cm³/mol. The van der Waals surface area contributed by atoms with Gasteiger partial charge in [-0.25, -0.2) is 4.52 Å². The van der Waals surface area contributed by atoms with Crippen molar-refractivity contribution >= 4 is 27.9 Å². The molecule has 0 unspecified atom stereocenters. The zero-order chi connectivity index (χ0) is 14.8. The molecule has 3 heterocycles. The van der Waals surface area contributed by atoms with Crippen molar-refractivity contribution in [3.8, 4) is 0 Å². The Kier molecular flexibility index (Phi) is 3.66. The largest absolute Gasteiger partial charge is 0.295 e. The van der Waals surface area contributed by atoms with Crippen molar-refractivity contribution in [2.75, 3.05) is 5.32 Å². The van der Waals surface area contributed by atoms with Crippen molar-refractivity contribution in [2.24, 2.45) is 5.92 Å². The second kappa shape index (κ2) is 5.61. The van der Waals surface area contributed by atoms with Crippen molar-refractivity contribution in [3.05, 3.63) is 41.2 Å². The Balaban J connectivity index is 1.75. The third-order valence-corrected chi connectivity index (χ3v) is 3.73. The fourth-order valence-corrected chi connectivity index (χ4v) is 2.89. The zero-order valence-electron chi connectivity index (χ0n) is 11.8. The summed E-state index contributed by atoms with van der Waals surface area (Å²) in [5, 5.41) is 16.5. The van der Waals surface area contributed by atoms with Gasteiger partial charge in [0.25, 0.3) is 5.91 Å². The third-order valence-electron chi connectivity index (χ3n) is 2.87. The van der Waals surface area contributed by atoms with Gasteiger partial charge in [0.05, 0.1) is 5.52 Å². The van der Waals surface area contributed by atoms with Gasteiger partial charge in [0, 0.05) is 12.6 Å². The molecule has 0 saturated heterocycles. The van der Waals surface area contributed by atoms with Crippen LogP contribution < -0.4 is 5.32 Å². The van der Waals surface area contributed by atoms with Crippen molar-refractivity contribution < 1.29 is 4.79 Å². The number of carbonyl (C=O) groups is 1. The SMILES string of the molecule is CC(C)Cc1nnc(NC(=O)c2cc3ccccn3n2)s1. The van der Waals surface area contributed by atoms with Gasteiger partial charge in [-0.3, -0.25) is 10.1 Å².